The van der Waals surface area contributed by atoms with E-state index in [0.29, 0.717) is 6.42 Å². The predicted octanol–water partition coefficient (Wildman–Crippen LogP) is 6.93. The van der Waals surface area contributed by atoms with Crippen molar-refractivity contribution in [1.29, 1.82) is 0 Å². The van der Waals surface area contributed by atoms with Crippen molar-refractivity contribution in [2.45, 2.75) is 117 Å². The number of carboxylic acids is 1. The molecule has 0 amide bonds. The summed E-state index contributed by atoms with van der Waals surface area (Å²) in [5.41, 5.74) is 0. The molecule has 0 heterocycles. The first-order chi connectivity index (χ1) is 11.2. The van der Waals surface area contributed by atoms with Crippen molar-refractivity contribution >= 4 is 54.9 Å². The van der Waals surface area contributed by atoms with E-state index in [0.717, 1.165) is 61.8 Å². The number of unbranched alkanes of at least 4 members (excludes halogenated alkanes) is 13. The summed E-state index contributed by atoms with van der Waals surface area (Å²) in [6, 6.07) is 0. The first kappa shape index (κ1) is 26.3. The van der Waals surface area contributed by atoms with Crippen LogP contribution in [0.5, 0.6) is 0 Å². The van der Waals surface area contributed by atoms with Crippen molar-refractivity contribution in [2.24, 2.45) is 0 Å². The van der Waals surface area contributed by atoms with E-state index in [-0.39, 0.29) is 0 Å². The zero-order valence-electron chi connectivity index (χ0n) is 16.4. The summed E-state index contributed by atoms with van der Waals surface area (Å²) in [6.07, 6.45) is 20.1. The van der Waals surface area contributed by atoms with Gasteiger partial charge in [-0.15, -0.1) is 0 Å². The summed E-state index contributed by atoms with van der Waals surface area (Å²) < 4.78 is 1.53. The van der Waals surface area contributed by atoms with Crippen molar-refractivity contribution in [1.82, 2.24) is 0 Å². The molecule has 0 saturated carbocycles. The van der Waals surface area contributed by atoms with Crippen LogP contribution >= 0.6 is 0 Å². The third-order valence-electron chi connectivity index (χ3n) is 4.20. The van der Waals surface area contributed by atoms with Gasteiger partial charge in [0.2, 0.25) is 0 Å². The van der Waals surface area contributed by atoms with Gasteiger partial charge < -0.3 is 5.11 Å². The Bertz CT molecular complexity index is 218. The number of hydrogen-bond acceptors (Lipinski definition) is 1. The van der Waals surface area contributed by atoms with Crippen LogP contribution in [-0.4, -0.2) is 60.0 Å². The van der Waals surface area contributed by atoms with Crippen LogP contribution in [0.3, 0.4) is 0 Å². The molecule has 0 aromatic heterocycles. The van der Waals surface area contributed by atoms with Crippen LogP contribution in [0.1, 0.15) is 117 Å². The molecule has 0 aliphatic heterocycles. The molecule has 0 aliphatic rings. The van der Waals surface area contributed by atoms with Gasteiger partial charge in [0.25, 0.3) is 0 Å². The van der Waals surface area contributed by atoms with Gasteiger partial charge in [-0.3, -0.25) is 4.79 Å². The normalized spacial score (nSPS) is 10.3. The molecular formula is C20H41KO2. The van der Waals surface area contributed by atoms with Gasteiger partial charge in [0.15, 0.2) is 0 Å². The molecule has 0 bridgehead atoms. The molecule has 134 valence electrons. The second kappa shape index (κ2) is 25.3. The molecule has 0 fully saturated rings. The fraction of sp³-hybridized carbons (Fsp3) is 0.950. The van der Waals surface area contributed by atoms with Crippen molar-refractivity contribution in [3.63, 3.8) is 0 Å². The van der Waals surface area contributed by atoms with Crippen molar-refractivity contribution in [3.05, 3.63) is 0 Å². The molecule has 1 N–H and O–H groups in total. The average Bonchev–Trinajstić information content (AvgIpc) is 2.53. The number of aliphatic carboxylic acids is 1. The van der Waals surface area contributed by atoms with Gasteiger partial charge in [0, 0.05) is 6.42 Å². The van der Waals surface area contributed by atoms with Crippen LogP contribution in [0.2, 0.25) is 0.515 Å². The molecule has 3 heteroatoms. The Morgan fingerprint density at radius 2 is 1.00 bits per heavy atom. The van der Waals surface area contributed by atoms with Gasteiger partial charge in [0.1, 0.15) is 0 Å². The van der Waals surface area contributed by atoms with Crippen LogP contribution in [0.15, 0.2) is 0 Å². The maximum absolute atomic E-state index is 10.3. The zero-order chi connectivity index (χ0) is 17.6. The fourth-order valence-corrected chi connectivity index (χ4v) is 3.75. The summed E-state index contributed by atoms with van der Waals surface area (Å²) in [7, 11) is 0. The van der Waals surface area contributed by atoms with Crippen LogP contribution in [-0.2, 0) is 4.79 Å². The summed E-state index contributed by atoms with van der Waals surface area (Å²) in [5.74, 6) is -0.655. The molecule has 0 aromatic carbocycles. The number of carboxylic acid groups (broad SMARTS) is 1. The van der Waals surface area contributed by atoms with Crippen LogP contribution in [0.4, 0.5) is 0 Å². The Morgan fingerprint density at radius 1 is 0.652 bits per heavy atom. The minimum atomic E-state index is -0.655. The van der Waals surface area contributed by atoms with E-state index < -0.39 is 5.97 Å². The summed E-state index contributed by atoms with van der Waals surface area (Å²) >= 11 is 1.11. The summed E-state index contributed by atoms with van der Waals surface area (Å²) in [5, 5.41) is 8.49. The van der Waals surface area contributed by atoms with Gasteiger partial charge in [-0.2, -0.15) is 0 Å². The zero-order valence-corrected chi connectivity index (χ0v) is 19.5. The van der Waals surface area contributed by atoms with Gasteiger partial charge in [-0.25, -0.2) is 0 Å². The van der Waals surface area contributed by atoms with E-state index in [1.54, 1.807) is 0 Å². The van der Waals surface area contributed by atoms with E-state index in [1.807, 2.05) is 0 Å². The monoisotopic (exact) mass is 352 g/mol. The number of rotatable bonds is 16. The molecule has 0 aromatic rings. The second-order valence-electron chi connectivity index (χ2n) is 6.74. The Labute approximate surface area is 180 Å². The minimum absolute atomic E-state index is 0.345. The average molecular weight is 353 g/mol. The van der Waals surface area contributed by atoms with E-state index in [9.17, 15) is 4.79 Å². The fourth-order valence-electron chi connectivity index (χ4n) is 2.65. The maximum atomic E-state index is 10.3. The third kappa shape index (κ3) is 31.4. The Balaban J connectivity index is 0. The first-order valence-corrected chi connectivity index (χ1v) is 12.6. The van der Waals surface area contributed by atoms with Gasteiger partial charge >= 0.3 is 75.2 Å². The molecule has 0 atom stereocenters. The molecule has 23 heavy (non-hydrogen) atoms. The first-order valence-electron chi connectivity index (χ1n) is 10.4. The van der Waals surface area contributed by atoms with Crippen LogP contribution < -0.4 is 0 Å². The molecule has 0 unspecified atom stereocenters. The topological polar surface area (TPSA) is 37.3 Å². The molecule has 0 spiro atoms. The van der Waals surface area contributed by atoms with E-state index >= 15 is 0 Å². The number of hydrogen-bond donors (Lipinski definition) is 1. The summed E-state index contributed by atoms with van der Waals surface area (Å²) in [6.45, 7) is 4.50. The molecule has 0 radical (unpaired) electrons. The molecule has 0 aliphatic carbocycles. The Morgan fingerprint density at radius 3 is 1.26 bits per heavy atom. The van der Waals surface area contributed by atoms with E-state index in [1.165, 1.54) is 84.0 Å². The van der Waals surface area contributed by atoms with Crippen LogP contribution in [0, 0.1) is 0 Å². The SMILES string of the molecule is CCCCCCCCCCCCCCCC(=O)O.CCC[CH2][K]. The predicted molar refractivity (Wildman–Crippen MR) is 103 cm³/mol. The van der Waals surface area contributed by atoms with Crippen LogP contribution in [0.25, 0.3) is 0 Å². The standard InChI is InChI=1S/C16H32O2.C4H9.K/c1-2-3-4-5-6-7-8-9-10-11-12-13-14-15-16(17)18;1-3-4-2;/h2-15H2,1H3,(H,17,18);1,3-4H2,2H3;. The van der Waals surface area contributed by atoms with Crippen molar-refractivity contribution < 1.29 is 9.90 Å². The van der Waals surface area contributed by atoms with E-state index in [2.05, 4.69) is 13.8 Å². The van der Waals surface area contributed by atoms with Crippen molar-refractivity contribution in [2.75, 3.05) is 0 Å². The Hall–Kier alpha value is 1.11. The Kier molecular flexibility index (Phi) is 29.0. The second-order valence-corrected chi connectivity index (χ2v) is 8.30. The molecule has 2 nitrogen and oxygen atoms in total. The van der Waals surface area contributed by atoms with Gasteiger partial charge in [0.05, 0.1) is 0 Å². The quantitative estimate of drug-likeness (QED) is 0.242. The van der Waals surface area contributed by atoms with Crippen molar-refractivity contribution in [3.8, 4) is 0 Å². The third-order valence-corrected chi connectivity index (χ3v) is 5.31. The molecule has 0 saturated heterocycles. The molecule has 0 rings (SSSR count). The summed E-state index contributed by atoms with van der Waals surface area (Å²) in [4.78, 5) is 10.3. The van der Waals surface area contributed by atoms with E-state index in [4.69, 9.17) is 5.11 Å². The number of carbonyl (C=O) groups is 1. The van der Waals surface area contributed by atoms with Gasteiger partial charge in [-0.05, 0) is 6.42 Å². The molecular weight excluding hydrogens is 311 g/mol. The van der Waals surface area contributed by atoms with Gasteiger partial charge in [-0.1, -0.05) is 84.0 Å².